The summed E-state index contributed by atoms with van der Waals surface area (Å²) in [5, 5.41) is 3.35. The van der Waals surface area contributed by atoms with Crippen molar-refractivity contribution in [2.75, 3.05) is 19.7 Å². The molecular formula is C14H22ClNO. The second-order valence-electron chi connectivity index (χ2n) is 4.56. The third-order valence-corrected chi connectivity index (χ3v) is 3.11. The molecule has 1 aliphatic rings. The molecule has 0 aromatic heterocycles. The van der Waals surface area contributed by atoms with Crippen LogP contribution < -0.4 is 10.1 Å². The Morgan fingerprint density at radius 3 is 2.65 bits per heavy atom. The molecule has 1 aromatic rings. The summed E-state index contributed by atoms with van der Waals surface area (Å²) >= 11 is 0. The van der Waals surface area contributed by atoms with Gasteiger partial charge in [-0.05, 0) is 37.1 Å². The van der Waals surface area contributed by atoms with Crippen LogP contribution in [0, 0.1) is 5.92 Å². The number of benzene rings is 1. The Kier molecular flexibility index (Phi) is 6.38. The molecule has 17 heavy (non-hydrogen) atoms. The molecule has 1 saturated heterocycles. The molecule has 1 N–H and O–H groups in total. The Hall–Kier alpha value is -0.730. The monoisotopic (exact) mass is 255 g/mol. The minimum absolute atomic E-state index is 0. The summed E-state index contributed by atoms with van der Waals surface area (Å²) in [6.07, 6.45) is 3.61. The summed E-state index contributed by atoms with van der Waals surface area (Å²) in [4.78, 5) is 0. The van der Waals surface area contributed by atoms with Crippen LogP contribution in [0.3, 0.4) is 0 Å². The van der Waals surface area contributed by atoms with Gasteiger partial charge < -0.3 is 10.1 Å². The molecule has 0 spiro atoms. The van der Waals surface area contributed by atoms with Crippen molar-refractivity contribution in [3.05, 3.63) is 29.8 Å². The van der Waals surface area contributed by atoms with Gasteiger partial charge >= 0.3 is 0 Å². The van der Waals surface area contributed by atoms with E-state index in [0.717, 1.165) is 31.9 Å². The van der Waals surface area contributed by atoms with Crippen molar-refractivity contribution in [1.82, 2.24) is 5.32 Å². The lowest BCUT2D eigenvalue weighted by molar-refractivity contribution is 0.260. The maximum absolute atomic E-state index is 5.78. The van der Waals surface area contributed by atoms with Crippen LogP contribution in [0.1, 0.15) is 25.3 Å². The zero-order valence-electron chi connectivity index (χ0n) is 10.4. The lowest BCUT2D eigenvalue weighted by atomic mass is 10.1. The average molecular weight is 256 g/mol. The highest BCUT2D eigenvalue weighted by atomic mass is 35.5. The maximum Gasteiger partial charge on any atom is 0.119 e. The molecule has 2 rings (SSSR count). The highest BCUT2D eigenvalue weighted by Gasteiger charge is 2.14. The smallest absolute Gasteiger partial charge is 0.119 e. The van der Waals surface area contributed by atoms with Crippen LogP contribution in [0.2, 0.25) is 0 Å². The van der Waals surface area contributed by atoms with Crippen molar-refractivity contribution in [2.24, 2.45) is 5.92 Å². The van der Waals surface area contributed by atoms with Crippen LogP contribution in [0.15, 0.2) is 24.3 Å². The molecule has 96 valence electrons. The highest BCUT2D eigenvalue weighted by Crippen LogP contribution is 2.16. The third kappa shape index (κ3) is 4.57. The number of hydrogen-bond donors (Lipinski definition) is 1. The second kappa shape index (κ2) is 7.57. The lowest BCUT2D eigenvalue weighted by Gasteiger charge is -2.11. The predicted molar refractivity (Wildman–Crippen MR) is 74.2 cm³/mol. The minimum atomic E-state index is 0. The topological polar surface area (TPSA) is 21.3 Å². The number of aryl methyl sites for hydroxylation is 1. The van der Waals surface area contributed by atoms with E-state index < -0.39 is 0 Å². The summed E-state index contributed by atoms with van der Waals surface area (Å²) in [5.41, 5.74) is 1.40. The van der Waals surface area contributed by atoms with Crippen LogP contribution in [0.25, 0.3) is 0 Å². The van der Waals surface area contributed by atoms with E-state index in [-0.39, 0.29) is 12.4 Å². The van der Waals surface area contributed by atoms with Gasteiger partial charge in [0.15, 0.2) is 0 Å². The molecule has 2 nitrogen and oxygen atoms in total. The fourth-order valence-corrected chi connectivity index (χ4v) is 2.11. The molecule has 1 atom stereocenters. The molecule has 1 fully saturated rings. The van der Waals surface area contributed by atoms with Crippen molar-refractivity contribution < 1.29 is 4.74 Å². The molecular weight excluding hydrogens is 234 g/mol. The van der Waals surface area contributed by atoms with Gasteiger partial charge in [-0.2, -0.15) is 0 Å². The number of halogens is 1. The Morgan fingerprint density at radius 1 is 1.29 bits per heavy atom. The summed E-state index contributed by atoms with van der Waals surface area (Å²) in [6.45, 7) is 5.30. The van der Waals surface area contributed by atoms with E-state index in [0.29, 0.717) is 5.92 Å². The maximum atomic E-state index is 5.78. The van der Waals surface area contributed by atoms with Crippen LogP contribution >= 0.6 is 12.4 Å². The molecule has 0 saturated carbocycles. The lowest BCUT2D eigenvalue weighted by Crippen LogP contribution is -2.15. The predicted octanol–water partition coefficient (Wildman–Crippen LogP) is 3.05. The standard InChI is InChI=1S/C14H21NO.ClH/c1-2-3-12-4-6-14(7-5-12)16-11-13-8-9-15-10-13;/h4-7,13,15H,2-3,8-11H2,1H3;1H. The SMILES string of the molecule is CCCc1ccc(OCC2CCNC2)cc1.Cl. The molecule has 1 aromatic carbocycles. The summed E-state index contributed by atoms with van der Waals surface area (Å²) in [5.74, 6) is 1.70. The van der Waals surface area contributed by atoms with Crippen molar-refractivity contribution in [1.29, 1.82) is 0 Å². The number of rotatable bonds is 5. The van der Waals surface area contributed by atoms with Gasteiger partial charge in [-0.25, -0.2) is 0 Å². The quantitative estimate of drug-likeness (QED) is 0.873. The first-order valence-corrected chi connectivity index (χ1v) is 6.31. The zero-order valence-corrected chi connectivity index (χ0v) is 11.3. The Labute approximate surface area is 110 Å². The zero-order chi connectivity index (χ0) is 11.2. The Bertz CT molecular complexity index is 307. The Balaban J connectivity index is 0.00000144. The van der Waals surface area contributed by atoms with Gasteiger partial charge in [0.1, 0.15) is 5.75 Å². The summed E-state index contributed by atoms with van der Waals surface area (Å²) in [7, 11) is 0. The number of ether oxygens (including phenoxy) is 1. The largest absolute Gasteiger partial charge is 0.493 e. The van der Waals surface area contributed by atoms with Gasteiger partial charge in [-0.1, -0.05) is 25.5 Å². The normalized spacial score (nSPS) is 18.8. The van der Waals surface area contributed by atoms with E-state index in [1.165, 1.54) is 18.4 Å². The van der Waals surface area contributed by atoms with Gasteiger partial charge in [0.25, 0.3) is 0 Å². The minimum Gasteiger partial charge on any atom is -0.493 e. The van der Waals surface area contributed by atoms with Crippen molar-refractivity contribution in [2.45, 2.75) is 26.2 Å². The van der Waals surface area contributed by atoms with Gasteiger partial charge in [-0.15, -0.1) is 12.4 Å². The third-order valence-electron chi connectivity index (χ3n) is 3.11. The molecule has 1 aliphatic heterocycles. The summed E-state index contributed by atoms with van der Waals surface area (Å²) in [6, 6.07) is 8.53. The molecule has 3 heteroatoms. The van der Waals surface area contributed by atoms with E-state index in [4.69, 9.17) is 4.74 Å². The molecule has 0 bridgehead atoms. The molecule has 0 radical (unpaired) electrons. The van der Waals surface area contributed by atoms with Crippen molar-refractivity contribution in [3.8, 4) is 5.75 Å². The first-order valence-electron chi connectivity index (χ1n) is 6.31. The fraction of sp³-hybridized carbons (Fsp3) is 0.571. The Morgan fingerprint density at radius 2 is 2.06 bits per heavy atom. The van der Waals surface area contributed by atoms with Gasteiger partial charge in [0.2, 0.25) is 0 Å². The van der Waals surface area contributed by atoms with E-state index in [9.17, 15) is 0 Å². The van der Waals surface area contributed by atoms with Crippen molar-refractivity contribution >= 4 is 12.4 Å². The van der Waals surface area contributed by atoms with E-state index in [1.807, 2.05) is 0 Å². The highest BCUT2D eigenvalue weighted by molar-refractivity contribution is 5.85. The van der Waals surface area contributed by atoms with Crippen LogP contribution in [0.5, 0.6) is 5.75 Å². The first kappa shape index (κ1) is 14.3. The number of nitrogens with one attached hydrogen (secondary N) is 1. The molecule has 1 heterocycles. The van der Waals surface area contributed by atoms with Gasteiger partial charge in [0, 0.05) is 12.5 Å². The van der Waals surface area contributed by atoms with Crippen molar-refractivity contribution in [3.63, 3.8) is 0 Å². The molecule has 0 aliphatic carbocycles. The van der Waals surface area contributed by atoms with E-state index in [1.54, 1.807) is 0 Å². The van der Waals surface area contributed by atoms with Gasteiger partial charge in [0.05, 0.1) is 6.61 Å². The van der Waals surface area contributed by atoms with E-state index in [2.05, 4.69) is 36.5 Å². The van der Waals surface area contributed by atoms with Crippen LogP contribution in [-0.2, 0) is 6.42 Å². The fourth-order valence-electron chi connectivity index (χ4n) is 2.11. The van der Waals surface area contributed by atoms with Gasteiger partial charge in [-0.3, -0.25) is 0 Å². The molecule has 0 amide bonds. The second-order valence-corrected chi connectivity index (χ2v) is 4.56. The average Bonchev–Trinajstić information content (AvgIpc) is 2.82. The van der Waals surface area contributed by atoms with Crippen LogP contribution in [0.4, 0.5) is 0 Å². The first-order chi connectivity index (χ1) is 7.88. The van der Waals surface area contributed by atoms with E-state index >= 15 is 0 Å². The summed E-state index contributed by atoms with van der Waals surface area (Å²) < 4.78 is 5.78. The number of hydrogen-bond acceptors (Lipinski definition) is 2. The van der Waals surface area contributed by atoms with Crippen LogP contribution in [-0.4, -0.2) is 19.7 Å². The molecule has 1 unspecified atom stereocenters.